The molecule has 42 heteroatoms. The van der Waals surface area contributed by atoms with Gasteiger partial charge < -0.3 is 44.7 Å². The largest absolute Gasteiger partial charge is 0.504 e. The number of carbonyl (C=O) groups excluding carboxylic acids is 3. The molecule has 9 aromatic heterocycles. The Kier molecular flexibility index (Phi) is 30.1. The van der Waals surface area contributed by atoms with Gasteiger partial charge in [-0.15, -0.1) is 0 Å². The van der Waals surface area contributed by atoms with Crippen LogP contribution in [0.1, 0.15) is 110 Å². The highest BCUT2D eigenvalue weighted by atomic mass is 35.5. The standard InChI is InChI=1S/2C31H25Cl4FN6O3.C31H25Cl3F2N6O3/c3*1-5-19(43)40-8-10-41(11-9-40)28-16-12-18(32)26(20-21(33)23(35)24(36)29(44)22(20)34)39-30(16)42(31(45)17(28)13-37)27-15(4)6-7-38-25(27)14(2)3/h3*5-7,12,14,44H,1,8-11H2,2-4H3. The summed E-state index contributed by atoms with van der Waals surface area (Å²) >= 11 is 70.5. The summed E-state index contributed by atoms with van der Waals surface area (Å²) in [6.07, 6.45) is 8.54. The minimum absolute atomic E-state index is 0.00708. The number of nitrogens with zero attached hydrogens (tertiary/aromatic N) is 18. The van der Waals surface area contributed by atoms with Gasteiger partial charge in [-0.3, -0.25) is 57.4 Å². The molecular formula is C93H75Cl11F4N18O9. The first-order valence-corrected chi connectivity index (χ1v) is 45.3. The van der Waals surface area contributed by atoms with Crippen LogP contribution in [0.4, 0.5) is 34.6 Å². The minimum atomic E-state index is -1.65. The molecule has 696 valence electrons. The molecule has 15 rings (SSSR count). The van der Waals surface area contributed by atoms with Crippen molar-refractivity contribution in [2.45, 2.75) is 80.1 Å². The Morgan fingerprint density at radius 1 is 0.378 bits per heavy atom. The number of benzene rings is 3. The molecule has 0 unspecified atom stereocenters. The number of pyridine rings is 9. The molecule has 12 heterocycles. The minimum Gasteiger partial charge on any atom is -0.504 e. The maximum Gasteiger partial charge on any atom is 0.276 e. The van der Waals surface area contributed by atoms with Gasteiger partial charge in [0.15, 0.2) is 34.7 Å². The number of piperazine rings is 3. The predicted octanol–water partition coefficient (Wildman–Crippen LogP) is 20.6. The third kappa shape index (κ3) is 18.0. The van der Waals surface area contributed by atoms with Crippen LogP contribution in [0.25, 0.3) is 83.9 Å². The quantitative estimate of drug-likeness (QED) is 0.0371. The van der Waals surface area contributed by atoms with Crippen LogP contribution in [0, 0.1) is 78.0 Å². The first kappa shape index (κ1) is 100. The number of nitriles is 3. The predicted molar refractivity (Wildman–Crippen MR) is 519 cm³/mol. The van der Waals surface area contributed by atoms with Gasteiger partial charge in [0.1, 0.15) is 51.8 Å². The molecule has 3 N–H and O–H groups in total. The lowest BCUT2D eigenvalue weighted by Crippen LogP contribution is -2.49. The van der Waals surface area contributed by atoms with Crippen molar-refractivity contribution in [3.63, 3.8) is 0 Å². The fraction of sp³-hybridized carbons (Fsp3) is 0.258. The molecule has 27 nitrogen and oxygen atoms in total. The molecule has 0 bridgehead atoms. The van der Waals surface area contributed by atoms with Crippen molar-refractivity contribution in [2.75, 3.05) is 93.2 Å². The van der Waals surface area contributed by atoms with Gasteiger partial charge in [-0.05, 0) is 110 Å². The SMILES string of the molecule is C=CC(=O)N1CCN(c2c(C#N)c(=O)n(-c3c(C)ccnc3C(C)C)c3nc(-c4c(Cl)c(O)c(F)c(Cl)c4Cl)c(Cl)cc23)CC1.C=CC(=O)N1CCN(c2c(C#N)c(=O)n(-c3c(C)ccnc3C(C)C)c3nc(-c4c(Cl)c(O)c(F)c(Cl)c4Cl)c(Cl)cc23)CC1.C=CC(=O)N1CCN(c2c(C#N)c(=O)n(-c3c(C)ccnc3C(C)C)c3nc(-c4c(Cl)c(O)c(F)c(F)c4Cl)c(Cl)cc23)CC1. The van der Waals surface area contributed by atoms with Crippen molar-refractivity contribution in [1.29, 1.82) is 15.8 Å². The van der Waals surface area contributed by atoms with Gasteiger partial charge in [-0.25, -0.2) is 28.1 Å². The summed E-state index contributed by atoms with van der Waals surface area (Å²) in [5, 5.41) is 58.6. The Balaban J connectivity index is 0.000000171. The zero-order valence-electron chi connectivity index (χ0n) is 72.8. The molecule has 0 spiro atoms. The van der Waals surface area contributed by atoms with Gasteiger partial charge in [0.2, 0.25) is 23.5 Å². The molecule has 3 amide bonds. The molecule has 3 aliphatic heterocycles. The van der Waals surface area contributed by atoms with Gasteiger partial charge in [0, 0.05) is 130 Å². The molecule has 3 aromatic carbocycles. The molecule has 0 saturated carbocycles. The number of phenolic OH excluding ortho intramolecular Hbond substituents is 3. The van der Waals surface area contributed by atoms with E-state index in [1.54, 1.807) is 77.2 Å². The number of aryl methyl sites for hydroxylation is 3. The summed E-state index contributed by atoms with van der Waals surface area (Å²) in [5.41, 5.74) is 2.16. The van der Waals surface area contributed by atoms with Crippen LogP contribution in [-0.4, -0.2) is 170 Å². The third-order valence-electron chi connectivity index (χ3n) is 23.0. The fourth-order valence-electron chi connectivity index (χ4n) is 16.4. The first-order chi connectivity index (χ1) is 64.0. The maximum atomic E-state index is 14.7. The van der Waals surface area contributed by atoms with Crippen LogP contribution in [0.3, 0.4) is 0 Å². The van der Waals surface area contributed by atoms with E-state index in [1.165, 1.54) is 50.1 Å². The second-order valence-corrected chi connectivity index (χ2v) is 36.3. The Morgan fingerprint density at radius 2 is 0.622 bits per heavy atom. The zero-order valence-corrected chi connectivity index (χ0v) is 81.1. The molecule has 3 aliphatic rings. The average Bonchev–Trinajstić information content (AvgIpc) is 0.728. The van der Waals surface area contributed by atoms with E-state index in [0.29, 0.717) is 114 Å². The number of carbonyl (C=O) groups is 3. The Bertz CT molecular complexity index is 6650. The summed E-state index contributed by atoms with van der Waals surface area (Å²) in [7, 11) is 0. The number of phenols is 3. The van der Waals surface area contributed by atoms with Crippen molar-refractivity contribution in [2.24, 2.45) is 0 Å². The average molecular weight is 2050 g/mol. The van der Waals surface area contributed by atoms with Gasteiger partial charge in [0.05, 0.1) is 124 Å². The summed E-state index contributed by atoms with van der Waals surface area (Å²) in [6.45, 7) is 31.0. The maximum absolute atomic E-state index is 14.7. The summed E-state index contributed by atoms with van der Waals surface area (Å²) in [5.74, 6) is -9.88. The van der Waals surface area contributed by atoms with Crippen LogP contribution in [-0.2, 0) is 14.4 Å². The number of rotatable bonds is 15. The molecular weight excluding hydrogens is 1980 g/mol. The molecule has 135 heavy (non-hydrogen) atoms. The second kappa shape index (κ2) is 40.5. The van der Waals surface area contributed by atoms with Crippen LogP contribution in [0.2, 0.25) is 55.2 Å². The van der Waals surface area contributed by atoms with Crippen LogP contribution < -0.4 is 31.4 Å². The third-order valence-corrected chi connectivity index (χ3v) is 27.0. The number of anilines is 3. The number of fused-ring (bicyclic) bond motifs is 3. The lowest BCUT2D eigenvalue weighted by molar-refractivity contribution is -0.127. The van der Waals surface area contributed by atoms with Crippen LogP contribution >= 0.6 is 128 Å². The highest BCUT2D eigenvalue weighted by Gasteiger charge is 2.38. The Hall–Kier alpha value is -12.0. The van der Waals surface area contributed by atoms with E-state index in [0.717, 1.165) is 0 Å². The number of hydrogen-bond acceptors (Lipinski definition) is 21. The topological polar surface area (TPSA) is 346 Å². The Morgan fingerprint density at radius 3 is 0.859 bits per heavy atom. The van der Waals surface area contributed by atoms with Crippen molar-refractivity contribution >= 4 is 195 Å². The molecule has 0 aliphatic carbocycles. The monoisotopic (exact) mass is 2050 g/mol. The smallest absolute Gasteiger partial charge is 0.276 e. The summed E-state index contributed by atoms with van der Waals surface area (Å²) in [4.78, 5) is 118. The van der Waals surface area contributed by atoms with Gasteiger partial charge in [-0.1, -0.05) is 189 Å². The van der Waals surface area contributed by atoms with E-state index in [2.05, 4.69) is 57.9 Å². The van der Waals surface area contributed by atoms with Crippen molar-refractivity contribution in [3.8, 4) is 86.3 Å². The van der Waals surface area contributed by atoms with Gasteiger partial charge in [-0.2, -0.15) is 20.2 Å². The molecule has 3 fully saturated rings. The number of amides is 3. The van der Waals surface area contributed by atoms with Crippen molar-refractivity contribution in [1.82, 2.24) is 58.3 Å². The van der Waals surface area contributed by atoms with E-state index >= 15 is 0 Å². The molecule has 0 atom stereocenters. The van der Waals surface area contributed by atoms with Crippen molar-refractivity contribution < 1.29 is 47.3 Å². The lowest BCUT2D eigenvalue weighted by atomic mass is 10.0. The van der Waals surface area contributed by atoms with E-state index in [4.69, 9.17) is 138 Å². The van der Waals surface area contributed by atoms with E-state index in [1.807, 2.05) is 51.3 Å². The van der Waals surface area contributed by atoms with E-state index in [-0.39, 0.29) is 171 Å². The number of aromatic nitrogens is 9. The zero-order chi connectivity index (χ0) is 98.7. The van der Waals surface area contributed by atoms with Crippen LogP contribution in [0.5, 0.6) is 17.2 Å². The molecule has 0 radical (unpaired) electrons. The van der Waals surface area contributed by atoms with Gasteiger partial charge in [0.25, 0.3) is 16.7 Å². The first-order valence-electron chi connectivity index (χ1n) is 41.1. The number of aromatic hydroxyl groups is 3. The Labute approximate surface area is 823 Å². The fourth-order valence-corrected chi connectivity index (χ4v) is 19.3. The normalized spacial score (nSPS) is 13.4. The van der Waals surface area contributed by atoms with E-state index in [9.17, 15) is 77.4 Å². The van der Waals surface area contributed by atoms with Crippen molar-refractivity contribution in [3.05, 3.63) is 253 Å². The van der Waals surface area contributed by atoms with Gasteiger partial charge >= 0.3 is 0 Å². The lowest BCUT2D eigenvalue weighted by Gasteiger charge is -2.36. The molecule has 12 aromatic rings. The second-order valence-electron chi connectivity index (χ2n) is 32.0. The number of halogens is 15. The van der Waals surface area contributed by atoms with E-state index < -0.39 is 92.9 Å². The number of hydrogen-bond donors (Lipinski definition) is 3. The van der Waals surface area contributed by atoms with Crippen LogP contribution in [0.15, 0.2) is 107 Å². The highest BCUT2D eigenvalue weighted by molar-refractivity contribution is 6.49. The highest BCUT2D eigenvalue weighted by Crippen LogP contribution is 2.53. The summed E-state index contributed by atoms with van der Waals surface area (Å²) in [6, 6.07) is 15.8. The molecule has 3 saturated heterocycles. The summed E-state index contributed by atoms with van der Waals surface area (Å²) < 4.78 is 61.9.